The van der Waals surface area contributed by atoms with Crippen LogP contribution in [0, 0.1) is 19.7 Å². The predicted molar refractivity (Wildman–Crippen MR) is 96.7 cm³/mol. The van der Waals surface area contributed by atoms with Crippen LogP contribution in [-0.4, -0.2) is 35.8 Å². The number of aldehydes is 1. The van der Waals surface area contributed by atoms with Crippen LogP contribution in [0.4, 0.5) is 4.39 Å². The van der Waals surface area contributed by atoms with Gasteiger partial charge in [-0.2, -0.15) is 0 Å². The first-order chi connectivity index (χ1) is 13.0. The van der Waals surface area contributed by atoms with Crippen molar-refractivity contribution in [2.24, 2.45) is 0 Å². The minimum Gasteiger partial charge on any atom is -0.304 e. The summed E-state index contributed by atoms with van der Waals surface area (Å²) in [7, 11) is 0. The van der Waals surface area contributed by atoms with Crippen LogP contribution in [0.2, 0.25) is 0 Å². The molecule has 134 valence electrons. The van der Waals surface area contributed by atoms with Crippen molar-refractivity contribution >= 4 is 17.5 Å². The molecule has 0 bridgehead atoms. The van der Waals surface area contributed by atoms with E-state index in [0.717, 1.165) is 17.5 Å². The highest BCUT2D eigenvalue weighted by Crippen LogP contribution is 2.26. The number of carbonyl (C=O) groups excluding carboxylic acids is 1. The van der Waals surface area contributed by atoms with E-state index in [1.54, 1.807) is 18.5 Å². The van der Waals surface area contributed by atoms with Crippen molar-refractivity contribution in [3.8, 4) is 11.4 Å². The SMILES string of the molecule is Cc1nc(C)c2nc(-c3cncc(F)c3)n(Cc3ccc(C=O)nc3)c2n1. The number of fused-ring (bicyclic) bond motifs is 1. The highest BCUT2D eigenvalue weighted by atomic mass is 19.1. The van der Waals surface area contributed by atoms with Crippen LogP contribution in [-0.2, 0) is 6.54 Å². The Hall–Kier alpha value is -3.55. The molecule has 0 aliphatic heterocycles. The van der Waals surface area contributed by atoms with Gasteiger partial charge in [0.2, 0.25) is 0 Å². The standard InChI is InChI=1S/C19H15FN6O/c1-11-17-19(24-12(2)23-11)26(9-13-3-4-16(10-27)22-6-13)18(25-17)14-5-15(20)8-21-7-14/h3-8,10H,9H2,1-2H3. The Morgan fingerprint density at radius 1 is 1.11 bits per heavy atom. The molecule has 0 aliphatic rings. The summed E-state index contributed by atoms with van der Waals surface area (Å²) < 4.78 is 15.6. The van der Waals surface area contributed by atoms with Crippen molar-refractivity contribution in [2.45, 2.75) is 20.4 Å². The number of pyridine rings is 2. The smallest absolute Gasteiger partial charge is 0.168 e. The van der Waals surface area contributed by atoms with Gasteiger partial charge in [0.25, 0.3) is 0 Å². The maximum absolute atomic E-state index is 13.7. The minimum absolute atomic E-state index is 0.359. The molecule has 4 rings (SSSR count). The van der Waals surface area contributed by atoms with Crippen molar-refractivity contribution in [1.29, 1.82) is 0 Å². The van der Waals surface area contributed by atoms with Crippen LogP contribution in [0.15, 0.2) is 36.8 Å². The Labute approximate surface area is 154 Å². The average molecular weight is 362 g/mol. The molecule has 0 unspecified atom stereocenters. The lowest BCUT2D eigenvalue weighted by molar-refractivity contribution is 0.111. The molecule has 27 heavy (non-hydrogen) atoms. The van der Waals surface area contributed by atoms with E-state index in [-0.39, 0.29) is 0 Å². The fourth-order valence-corrected chi connectivity index (χ4v) is 2.96. The summed E-state index contributed by atoms with van der Waals surface area (Å²) in [5.74, 6) is 0.723. The van der Waals surface area contributed by atoms with Gasteiger partial charge in [-0.3, -0.25) is 14.8 Å². The van der Waals surface area contributed by atoms with Crippen LogP contribution in [0.25, 0.3) is 22.6 Å². The van der Waals surface area contributed by atoms with Crippen LogP contribution < -0.4 is 0 Å². The molecule has 0 saturated heterocycles. The second kappa shape index (κ2) is 6.64. The van der Waals surface area contributed by atoms with E-state index in [2.05, 4.69) is 24.9 Å². The van der Waals surface area contributed by atoms with E-state index >= 15 is 0 Å². The van der Waals surface area contributed by atoms with Gasteiger partial charge in [0.05, 0.1) is 18.4 Å². The Bertz CT molecular complexity index is 1150. The summed E-state index contributed by atoms with van der Waals surface area (Å²) in [6, 6.07) is 4.85. The van der Waals surface area contributed by atoms with Crippen LogP contribution in [0.1, 0.15) is 27.6 Å². The number of nitrogens with zero attached hydrogens (tertiary/aromatic N) is 6. The lowest BCUT2D eigenvalue weighted by Gasteiger charge is -2.09. The van der Waals surface area contributed by atoms with Gasteiger partial charge in [-0.1, -0.05) is 6.07 Å². The molecule has 0 aliphatic carbocycles. The first-order valence-electron chi connectivity index (χ1n) is 8.27. The third-order valence-electron chi connectivity index (χ3n) is 4.15. The van der Waals surface area contributed by atoms with Gasteiger partial charge in [-0.25, -0.2) is 19.3 Å². The van der Waals surface area contributed by atoms with E-state index in [0.29, 0.717) is 46.9 Å². The zero-order valence-electron chi connectivity index (χ0n) is 14.7. The third-order valence-corrected chi connectivity index (χ3v) is 4.15. The van der Waals surface area contributed by atoms with Gasteiger partial charge in [0.1, 0.15) is 28.7 Å². The first-order valence-corrected chi connectivity index (χ1v) is 8.27. The molecule has 0 aromatic carbocycles. The van der Waals surface area contributed by atoms with E-state index in [9.17, 15) is 9.18 Å². The third kappa shape index (κ3) is 3.17. The molecule has 0 saturated carbocycles. The molecule has 0 amide bonds. The fraction of sp³-hybridized carbons (Fsp3) is 0.158. The van der Waals surface area contributed by atoms with E-state index in [1.165, 1.54) is 6.07 Å². The molecule has 7 nitrogen and oxygen atoms in total. The molecule has 4 aromatic rings. The number of aromatic nitrogens is 6. The van der Waals surface area contributed by atoms with Gasteiger partial charge in [0, 0.05) is 18.0 Å². The largest absolute Gasteiger partial charge is 0.304 e. The summed E-state index contributed by atoms with van der Waals surface area (Å²) in [5, 5.41) is 0. The van der Waals surface area contributed by atoms with E-state index in [4.69, 9.17) is 0 Å². The van der Waals surface area contributed by atoms with Crippen LogP contribution >= 0.6 is 0 Å². The zero-order valence-corrected chi connectivity index (χ0v) is 14.7. The normalized spacial score (nSPS) is 11.1. The van der Waals surface area contributed by atoms with Crippen molar-refractivity contribution in [3.63, 3.8) is 0 Å². The van der Waals surface area contributed by atoms with Crippen molar-refractivity contribution in [1.82, 2.24) is 29.5 Å². The number of carbonyl (C=O) groups is 1. The molecule has 0 N–H and O–H groups in total. The minimum atomic E-state index is -0.443. The summed E-state index contributed by atoms with van der Waals surface area (Å²) >= 11 is 0. The highest BCUT2D eigenvalue weighted by Gasteiger charge is 2.18. The number of aryl methyl sites for hydroxylation is 2. The molecule has 0 fully saturated rings. The molecular formula is C19H15FN6O. The second-order valence-corrected chi connectivity index (χ2v) is 6.15. The molecule has 0 spiro atoms. The molecular weight excluding hydrogens is 347 g/mol. The van der Waals surface area contributed by atoms with Crippen LogP contribution in [0.3, 0.4) is 0 Å². The van der Waals surface area contributed by atoms with Gasteiger partial charge in [-0.05, 0) is 31.5 Å². The molecule has 0 atom stereocenters. The summed E-state index contributed by atoms with van der Waals surface area (Å²) in [5.41, 5.74) is 3.81. The van der Waals surface area contributed by atoms with E-state index < -0.39 is 5.82 Å². The zero-order chi connectivity index (χ0) is 19.0. The summed E-state index contributed by atoms with van der Waals surface area (Å²) in [6.07, 6.45) is 5.03. The molecule has 4 aromatic heterocycles. The van der Waals surface area contributed by atoms with Gasteiger partial charge in [0.15, 0.2) is 11.9 Å². The van der Waals surface area contributed by atoms with Crippen molar-refractivity contribution in [2.75, 3.05) is 0 Å². The first kappa shape index (κ1) is 16.9. The topological polar surface area (TPSA) is 86.5 Å². The lowest BCUT2D eigenvalue weighted by Crippen LogP contribution is -2.05. The van der Waals surface area contributed by atoms with Crippen molar-refractivity contribution < 1.29 is 9.18 Å². The number of hydrogen-bond acceptors (Lipinski definition) is 6. The second-order valence-electron chi connectivity index (χ2n) is 6.15. The average Bonchev–Trinajstić information content (AvgIpc) is 3.01. The lowest BCUT2D eigenvalue weighted by atomic mass is 10.2. The predicted octanol–water partition coefficient (Wildman–Crippen LogP) is 2.90. The molecule has 8 heteroatoms. The maximum Gasteiger partial charge on any atom is 0.168 e. The van der Waals surface area contributed by atoms with Crippen LogP contribution in [0.5, 0.6) is 0 Å². The van der Waals surface area contributed by atoms with Gasteiger partial charge >= 0.3 is 0 Å². The quantitative estimate of drug-likeness (QED) is 0.519. The Kier molecular flexibility index (Phi) is 4.15. The van der Waals surface area contributed by atoms with Crippen molar-refractivity contribution in [3.05, 3.63) is 65.4 Å². The van der Waals surface area contributed by atoms with E-state index in [1.807, 2.05) is 24.5 Å². The number of rotatable bonds is 4. The number of hydrogen-bond donors (Lipinski definition) is 0. The maximum atomic E-state index is 13.7. The fourth-order valence-electron chi connectivity index (χ4n) is 2.96. The van der Waals surface area contributed by atoms with Gasteiger partial charge in [-0.15, -0.1) is 0 Å². The monoisotopic (exact) mass is 362 g/mol. The number of imidazole rings is 1. The molecule has 0 radical (unpaired) electrons. The Balaban J connectivity index is 1.92. The molecule has 4 heterocycles. The highest BCUT2D eigenvalue weighted by molar-refractivity contribution is 5.79. The number of halogens is 1. The summed E-state index contributed by atoms with van der Waals surface area (Å²) in [4.78, 5) is 32.4. The van der Waals surface area contributed by atoms with Gasteiger partial charge < -0.3 is 4.57 Å². The summed E-state index contributed by atoms with van der Waals surface area (Å²) in [6.45, 7) is 4.08. The Morgan fingerprint density at radius 3 is 2.67 bits per heavy atom. The Morgan fingerprint density at radius 2 is 1.96 bits per heavy atom.